The number of methoxy groups -OCH3 is 2. The normalized spacial score (nSPS) is 21.3. The van der Waals surface area contributed by atoms with Crippen LogP contribution in [0.2, 0.25) is 0 Å². The van der Waals surface area contributed by atoms with Crippen LogP contribution in [0.15, 0.2) is 36.5 Å². The number of rotatable bonds is 18. The van der Waals surface area contributed by atoms with E-state index in [-0.39, 0.29) is 12.4 Å². The Morgan fingerprint density at radius 2 is 1.55 bits per heavy atom. The van der Waals surface area contributed by atoms with Gasteiger partial charge in [-0.3, -0.25) is 4.79 Å². The second-order valence-corrected chi connectivity index (χ2v) is 8.26. The Morgan fingerprint density at radius 3 is 2.06 bits per heavy atom. The molecule has 2 atom stereocenters. The molecule has 5 heteroatoms. The fourth-order valence-corrected chi connectivity index (χ4v) is 3.65. The maximum atomic E-state index is 11.3. The van der Waals surface area contributed by atoms with Crippen molar-refractivity contribution in [1.29, 1.82) is 0 Å². The van der Waals surface area contributed by atoms with Crippen LogP contribution < -0.4 is 0 Å². The van der Waals surface area contributed by atoms with Crippen molar-refractivity contribution < 1.29 is 24.0 Å². The van der Waals surface area contributed by atoms with Gasteiger partial charge in [0.05, 0.1) is 13.5 Å². The van der Waals surface area contributed by atoms with Gasteiger partial charge in [0, 0.05) is 13.5 Å². The summed E-state index contributed by atoms with van der Waals surface area (Å²) < 4.78 is 10.2. The first-order valence-electron chi connectivity index (χ1n) is 12.1. The highest BCUT2D eigenvalue weighted by Crippen LogP contribution is 2.28. The van der Waals surface area contributed by atoms with Crippen molar-refractivity contribution >= 4 is 5.97 Å². The van der Waals surface area contributed by atoms with Crippen LogP contribution in [0.3, 0.4) is 0 Å². The topological polar surface area (TPSA) is 54.0 Å². The van der Waals surface area contributed by atoms with E-state index in [9.17, 15) is 4.79 Å². The van der Waals surface area contributed by atoms with Gasteiger partial charge >= 0.3 is 5.97 Å². The fourth-order valence-electron chi connectivity index (χ4n) is 3.65. The lowest BCUT2D eigenvalue weighted by Gasteiger charge is -2.32. The molecule has 0 radical (unpaired) electrons. The van der Waals surface area contributed by atoms with Crippen molar-refractivity contribution in [3.63, 3.8) is 0 Å². The van der Waals surface area contributed by atoms with Crippen LogP contribution in [0.25, 0.3) is 0 Å². The number of unbranched alkanes of at least 4 members (excludes halogenated alkanes) is 11. The van der Waals surface area contributed by atoms with Crippen molar-refractivity contribution in [2.24, 2.45) is 0 Å². The maximum Gasteiger partial charge on any atom is 0.308 e. The quantitative estimate of drug-likeness (QED) is 0.0762. The number of hydrogen-bond acceptors (Lipinski definition) is 5. The molecule has 1 heterocycles. The van der Waals surface area contributed by atoms with Crippen LogP contribution >= 0.6 is 0 Å². The average Bonchev–Trinajstić information content (AvgIpc) is 2.80. The van der Waals surface area contributed by atoms with E-state index in [1.807, 2.05) is 19.1 Å². The predicted molar refractivity (Wildman–Crippen MR) is 125 cm³/mol. The minimum absolute atomic E-state index is 0.140. The molecule has 0 N–H and O–H groups in total. The van der Waals surface area contributed by atoms with Gasteiger partial charge in [-0.2, -0.15) is 4.89 Å². The highest BCUT2D eigenvalue weighted by molar-refractivity contribution is 5.70. The highest BCUT2D eigenvalue weighted by atomic mass is 17.2. The van der Waals surface area contributed by atoms with Crippen LogP contribution in [0.4, 0.5) is 0 Å². The van der Waals surface area contributed by atoms with Crippen LogP contribution in [0.5, 0.6) is 0 Å². The fraction of sp³-hybridized carbons (Fsp3) is 0.731. The standard InChI is InChI=1S/C26H44O5/c1-4-5-6-7-8-9-10-11-12-13-14-15-16-17-18-19-21-26(29-3)22-20-24(30-31-26)23-25(27)28-2/h4-7,20,22,24H,8-19,21,23H2,1-3H3/b5-4+,7-6+/t24-,26-/m1/s1. The first-order valence-corrected chi connectivity index (χ1v) is 12.1. The lowest BCUT2D eigenvalue weighted by Crippen LogP contribution is -2.38. The minimum atomic E-state index is -0.838. The van der Waals surface area contributed by atoms with Crippen LogP contribution in [0, 0.1) is 0 Å². The molecule has 0 unspecified atom stereocenters. The number of carbonyl (C=O) groups is 1. The van der Waals surface area contributed by atoms with Gasteiger partial charge in [-0.1, -0.05) is 88.2 Å². The molecule has 5 nitrogen and oxygen atoms in total. The van der Waals surface area contributed by atoms with Gasteiger partial charge in [-0.25, -0.2) is 4.89 Å². The van der Waals surface area contributed by atoms with Gasteiger partial charge in [0.2, 0.25) is 5.79 Å². The Hall–Kier alpha value is -1.43. The smallest absolute Gasteiger partial charge is 0.308 e. The molecule has 0 aromatic heterocycles. The lowest BCUT2D eigenvalue weighted by atomic mass is 10.0. The van der Waals surface area contributed by atoms with Gasteiger partial charge in [-0.15, -0.1) is 0 Å². The summed E-state index contributed by atoms with van der Waals surface area (Å²) in [6.45, 7) is 2.05. The van der Waals surface area contributed by atoms with Gasteiger partial charge < -0.3 is 9.47 Å². The number of ether oxygens (including phenoxy) is 2. The largest absolute Gasteiger partial charge is 0.469 e. The van der Waals surface area contributed by atoms with Crippen LogP contribution in [-0.4, -0.2) is 32.1 Å². The Bertz CT molecular complexity index is 540. The van der Waals surface area contributed by atoms with E-state index < -0.39 is 11.9 Å². The molecule has 178 valence electrons. The molecule has 0 saturated carbocycles. The third-order valence-electron chi connectivity index (χ3n) is 5.65. The average molecular weight is 437 g/mol. The van der Waals surface area contributed by atoms with E-state index in [0.29, 0.717) is 0 Å². The SMILES string of the molecule is C/C=C/C=C/CCCCCCCCCCCCC[C@]1(OC)C=C[C@H](CC(=O)OC)OO1. The number of allylic oxidation sites excluding steroid dienone is 4. The van der Waals surface area contributed by atoms with E-state index in [1.165, 1.54) is 71.3 Å². The Labute approximate surface area is 189 Å². The number of hydrogen-bond donors (Lipinski definition) is 0. The summed E-state index contributed by atoms with van der Waals surface area (Å²) in [5.74, 6) is -1.16. The van der Waals surface area contributed by atoms with Crippen molar-refractivity contribution in [2.75, 3.05) is 14.2 Å². The summed E-state index contributed by atoms with van der Waals surface area (Å²) in [6.07, 6.45) is 28.1. The second-order valence-electron chi connectivity index (χ2n) is 8.26. The molecule has 0 fully saturated rings. The first-order chi connectivity index (χ1) is 15.2. The molecule has 1 aliphatic heterocycles. The Kier molecular flexibility index (Phi) is 16.2. The predicted octanol–water partition coefficient (Wildman–Crippen LogP) is 6.98. The summed E-state index contributed by atoms with van der Waals surface area (Å²) >= 11 is 0. The van der Waals surface area contributed by atoms with Crippen molar-refractivity contribution in [3.05, 3.63) is 36.5 Å². The Balaban J connectivity index is 1.97. The number of carbonyl (C=O) groups excluding carboxylic acids is 1. The molecule has 1 aliphatic rings. The van der Waals surface area contributed by atoms with Crippen LogP contribution in [0.1, 0.15) is 96.8 Å². The first kappa shape index (κ1) is 27.6. The molecule has 0 aliphatic carbocycles. The third kappa shape index (κ3) is 13.6. The zero-order chi connectivity index (χ0) is 22.6. The molecule has 1 rings (SSSR count). The minimum Gasteiger partial charge on any atom is -0.469 e. The second kappa shape index (κ2) is 18.2. The van der Waals surface area contributed by atoms with Crippen molar-refractivity contribution in [3.8, 4) is 0 Å². The van der Waals surface area contributed by atoms with E-state index in [2.05, 4.69) is 29.0 Å². The molecule has 0 amide bonds. The summed E-state index contributed by atoms with van der Waals surface area (Å²) in [4.78, 5) is 22.1. The van der Waals surface area contributed by atoms with Crippen LogP contribution in [-0.2, 0) is 24.0 Å². The lowest BCUT2D eigenvalue weighted by molar-refractivity contribution is -0.428. The van der Waals surface area contributed by atoms with Gasteiger partial charge in [0.1, 0.15) is 6.10 Å². The van der Waals surface area contributed by atoms with Crippen molar-refractivity contribution in [2.45, 2.75) is 109 Å². The van der Waals surface area contributed by atoms with E-state index in [1.54, 1.807) is 7.11 Å². The molecule has 0 aromatic rings. The Morgan fingerprint density at radius 1 is 0.935 bits per heavy atom. The molecular formula is C26H44O5. The van der Waals surface area contributed by atoms with E-state index >= 15 is 0 Å². The summed E-state index contributed by atoms with van der Waals surface area (Å²) in [5, 5.41) is 0. The van der Waals surface area contributed by atoms with E-state index in [4.69, 9.17) is 14.5 Å². The summed E-state index contributed by atoms with van der Waals surface area (Å²) in [7, 11) is 2.98. The molecule has 0 bridgehead atoms. The summed E-state index contributed by atoms with van der Waals surface area (Å²) in [5.41, 5.74) is 0. The monoisotopic (exact) mass is 436 g/mol. The molecule has 0 saturated heterocycles. The zero-order valence-electron chi connectivity index (χ0n) is 20.0. The molecule has 31 heavy (non-hydrogen) atoms. The molecule has 0 aromatic carbocycles. The van der Waals surface area contributed by atoms with Gasteiger partial charge in [0.15, 0.2) is 0 Å². The maximum absolute atomic E-state index is 11.3. The summed E-state index contributed by atoms with van der Waals surface area (Å²) in [6, 6.07) is 0. The van der Waals surface area contributed by atoms with Gasteiger partial charge in [0.25, 0.3) is 0 Å². The molecule has 0 spiro atoms. The van der Waals surface area contributed by atoms with E-state index in [0.717, 1.165) is 19.3 Å². The van der Waals surface area contributed by atoms with Crippen molar-refractivity contribution in [1.82, 2.24) is 0 Å². The third-order valence-corrected chi connectivity index (χ3v) is 5.65. The number of esters is 1. The zero-order valence-corrected chi connectivity index (χ0v) is 20.0. The van der Waals surface area contributed by atoms with Gasteiger partial charge in [-0.05, 0) is 32.3 Å². The highest BCUT2D eigenvalue weighted by Gasteiger charge is 2.34. The molecular weight excluding hydrogens is 392 g/mol.